The molecule has 16 heteroatoms. The van der Waals surface area contributed by atoms with Gasteiger partial charge in [0.15, 0.2) is 17.7 Å². The minimum atomic E-state index is -4.67. The van der Waals surface area contributed by atoms with E-state index < -0.39 is 21.8 Å². The van der Waals surface area contributed by atoms with Crippen LogP contribution in [0.25, 0.3) is 0 Å². The maximum Gasteiger partial charge on any atom is 0.394 e. The van der Waals surface area contributed by atoms with Crippen molar-refractivity contribution in [1.29, 1.82) is 10.8 Å². The summed E-state index contributed by atoms with van der Waals surface area (Å²) in [6, 6.07) is 3.05. The second kappa shape index (κ2) is 19.0. The van der Waals surface area contributed by atoms with Crippen LogP contribution in [-0.4, -0.2) is 52.6 Å². The average molecular weight is 620 g/mol. The highest BCUT2D eigenvalue weighted by Crippen LogP contribution is 2.26. The number of alkyl halides is 1. The first-order valence-corrected chi connectivity index (χ1v) is 14.1. The van der Waals surface area contributed by atoms with Gasteiger partial charge in [-0.15, -0.1) is 11.6 Å². The Kier molecular flexibility index (Phi) is 19.0. The second-order valence-corrected chi connectivity index (χ2v) is 10.3. The SMILES string of the molecule is C1CCCCC1.CCC(C)(NC(=O)c1cc(Cl)c(C)c(Cl)c1)C(=O)CCl.N=C(N)NC(=N)N.O=S(=O)(O)O. The van der Waals surface area contributed by atoms with Crippen molar-refractivity contribution in [3.63, 3.8) is 0 Å². The lowest BCUT2D eigenvalue weighted by Gasteiger charge is -2.27. The molecule has 1 aromatic rings. The first kappa shape index (κ1) is 38.0. The van der Waals surface area contributed by atoms with Gasteiger partial charge in [-0.2, -0.15) is 8.42 Å². The van der Waals surface area contributed by atoms with E-state index in [0.29, 0.717) is 27.6 Å². The van der Waals surface area contributed by atoms with Gasteiger partial charge in [-0.1, -0.05) is 68.7 Å². The molecule has 12 nitrogen and oxygen atoms in total. The Morgan fingerprint density at radius 1 is 1.00 bits per heavy atom. The number of amides is 1. The molecule has 218 valence electrons. The number of rotatable bonds is 5. The van der Waals surface area contributed by atoms with Gasteiger partial charge in [0.25, 0.3) is 5.91 Å². The smallest absolute Gasteiger partial charge is 0.370 e. The topological polar surface area (TPSA) is 233 Å². The van der Waals surface area contributed by atoms with Gasteiger partial charge < -0.3 is 16.8 Å². The van der Waals surface area contributed by atoms with Crippen LogP contribution in [0.1, 0.15) is 74.7 Å². The van der Waals surface area contributed by atoms with Crippen LogP contribution in [0.4, 0.5) is 0 Å². The van der Waals surface area contributed by atoms with E-state index >= 15 is 0 Å². The standard InChI is InChI=1S/C14H16Cl3NO2.C6H12.C2H7N5.H2O4S/c1-4-14(3,12(19)7-15)18-13(20)9-5-10(16)8(2)11(17)6-9;1-2-4-6-5-3-1;3-1(4)7-2(5)6;1-5(2,3)4/h5-6H,4,7H2,1-3H3,(H,18,20);1-6H2;(H7,3,4,5,6,7);(H2,1,2,3,4). The predicted octanol–water partition coefficient (Wildman–Crippen LogP) is 4.06. The lowest BCUT2D eigenvalue weighted by Crippen LogP contribution is -2.52. The Labute approximate surface area is 238 Å². The summed E-state index contributed by atoms with van der Waals surface area (Å²) in [5, 5.41) is 18.5. The molecule has 1 aliphatic carbocycles. The molecule has 0 spiro atoms. The van der Waals surface area contributed by atoms with Gasteiger partial charge in [0, 0.05) is 15.6 Å². The van der Waals surface area contributed by atoms with Gasteiger partial charge in [-0.3, -0.25) is 34.8 Å². The number of guanidine groups is 2. The van der Waals surface area contributed by atoms with Gasteiger partial charge in [-0.05, 0) is 38.0 Å². The lowest BCUT2D eigenvalue weighted by atomic mass is 9.93. The molecule has 2 rings (SSSR count). The predicted molar refractivity (Wildman–Crippen MR) is 152 cm³/mol. The summed E-state index contributed by atoms with van der Waals surface area (Å²) in [4.78, 5) is 24.1. The van der Waals surface area contributed by atoms with Crippen LogP contribution in [0.2, 0.25) is 10.0 Å². The van der Waals surface area contributed by atoms with Crippen molar-refractivity contribution in [3.05, 3.63) is 33.3 Å². The molecule has 1 aliphatic rings. The van der Waals surface area contributed by atoms with E-state index in [9.17, 15) is 9.59 Å². The van der Waals surface area contributed by atoms with Crippen LogP contribution < -0.4 is 22.1 Å². The summed E-state index contributed by atoms with van der Waals surface area (Å²) in [5.41, 5.74) is 9.51. The molecule has 10 N–H and O–H groups in total. The van der Waals surface area contributed by atoms with Crippen molar-refractivity contribution in [1.82, 2.24) is 10.6 Å². The van der Waals surface area contributed by atoms with Crippen LogP contribution in [0.3, 0.4) is 0 Å². The summed E-state index contributed by atoms with van der Waals surface area (Å²) < 4.78 is 31.6. The number of halogens is 3. The number of hydrogen-bond acceptors (Lipinski definition) is 6. The molecule has 0 aromatic heterocycles. The fourth-order valence-electron chi connectivity index (χ4n) is 2.81. The summed E-state index contributed by atoms with van der Waals surface area (Å²) in [6.45, 7) is 5.21. The number of benzene rings is 1. The molecule has 0 radical (unpaired) electrons. The number of hydrogen-bond donors (Lipinski definition) is 8. The van der Waals surface area contributed by atoms with Crippen molar-refractivity contribution in [2.75, 3.05) is 5.88 Å². The van der Waals surface area contributed by atoms with Crippen molar-refractivity contribution in [2.24, 2.45) is 11.5 Å². The van der Waals surface area contributed by atoms with Crippen molar-refractivity contribution < 1.29 is 27.1 Å². The molecule has 0 saturated heterocycles. The number of ketones is 1. The van der Waals surface area contributed by atoms with E-state index in [1.807, 2.05) is 5.32 Å². The van der Waals surface area contributed by atoms with E-state index in [-0.39, 0.29) is 23.6 Å². The van der Waals surface area contributed by atoms with E-state index in [1.54, 1.807) is 20.8 Å². The molecule has 1 atom stereocenters. The third-order valence-electron chi connectivity index (χ3n) is 5.15. The second-order valence-electron chi connectivity index (χ2n) is 8.28. The quantitative estimate of drug-likeness (QED) is 0.103. The zero-order valence-corrected chi connectivity index (χ0v) is 24.6. The summed E-state index contributed by atoms with van der Waals surface area (Å²) in [5.74, 6) is -1.42. The molecular formula is C22H37Cl3N6O6S. The average Bonchev–Trinajstić information content (AvgIpc) is 2.81. The molecule has 0 heterocycles. The molecule has 0 aliphatic heterocycles. The first-order valence-electron chi connectivity index (χ1n) is 11.4. The first-order chi connectivity index (χ1) is 17.4. The summed E-state index contributed by atoms with van der Waals surface area (Å²) >= 11 is 17.6. The number of nitrogens with two attached hydrogens (primary N) is 2. The number of carbonyl (C=O) groups is 2. The Hall–Kier alpha value is -2.16. The van der Waals surface area contributed by atoms with Gasteiger partial charge in [0.2, 0.25) is 0 Å². The molecule has 1 unspecified atom stereocenters. The Bertz CT molecular complexity index is 999. The van der Waals surface area contributed by atoms with Crippen molar-refractivity contribution in [3.8, 4) is 0 Å². The normalized spacial score (nSPS) is 13.9. The van der Waals surface area contributed by atoms with Gasteiger partial charge in [-0.25, -0.2) is 0 Å². The summed E-state index contributed by atoms with van der Waals surface area (Å²) in [6.07, 6.45) is 9.44. The van der Waals surface area contributed by atoms with E-state index in [1.165, 1.54) is 50.7 Å². The Morgan fingerprint density at radius 3 is 1.58 bits per heavy atom. The highest BCUT2D eigenvalue weighted by atomic mass is 35.5. The highest BCUT2D eigenvalue weighted by molar-refractivity contribution is 7.79. The van der Waals surface area contributed by atoms with E-state index in [4.69, 9.17) is 74.6 Å². The zero-order chi connectivity index (χ0) is 30.1. The number of nitrogens with one attached hydrogen (secondary N) is 4. The van der Waals surface area contributed by atoms with Crippen molar-refractivity contribution in [2.45, 2.75) is 71.3 Å². The minimum Gasteiger partial charge on any atom is -0.370 e. The maximum absolute atomic E-state index is 12.2. The Morgan fingerprint density at radius 2 is 1.34 bits per heavy atom. The van der Waals surface area contributed by atoms with Gasteiger partial charge in [0.05, 0.1) is 11.4 Å². The molecule has 1 amide bonds. The highest BCUT2D eigenvalue weighted by Gasteiger charge is 2.32. The fraction of sp³-hybridized carbons (Fsp3) is 0.545. The third-order valence-corrected chi connectivity index (χ3v) is 6.17. The molecular weight excluding hydrogens is 583 g/mol. The number of carbonyl (C=O) groups excluding carboxylic acids is 2. The molecule has 38 heavy (non-hydrogen) atoms. The minimum absolute atomic E-state index is 0.153. The van der Waals surface area contributed by atoms with Crippen molar-refractivity contribution >= 4 is 68.8 Å². The Balaban J connectivity index is 0. The third kappa shape index (κ3) is 19.0. The molecule has 0 bridgehead atoms. The summed E-state index contributed by atoms with van der Waals surface area (Å²) in [7, 11) is -4.67. The monoisotopic (exact) mass is 618 g/mol. The molecule has 1 saturated carbocycles. The van der Waals surface area contributed by atoms with E-state index in [2.05, 4.69) is 5.32 Å². The largest absolute Gasteiger partial charge is 0.394 e. The molecule has 1 fully saturated rings. The number of Topliss-reactive ketones (excluding diaryl/α,β-unsaturated/α-hetero) is 1. The van der Waals surface area contributed by atoms with Crippen LogP contribution in [0.5, 0.6) is 0 Å². The van der Waals surface area contributed by atoms with Crippen LogP contribution >= 0.6 is 34.8 Å². The lowest BCUT2D eigenvalue weighted by molar-refractivity contribution is -0.122. The zero-order valence-electron chi connectivity index (χ0n) is 21.5. The fourth-order valence-corrected chi connectivity index (χ4v) is 3.59. The van der Waals surface area contributed by atoms with E-state index in [0.717, 1.165) is 0 Å². The van der Waals surface area contributed by atoms with Crippen LogP contribution in [-0.2, 0) is 15.2 Å². The molecule has 1 aromatic carbocycles. The van der Waals surface area contributed by atoms with Crippen LogP contribution in [0.15, 0.2) is 12.1 Å². The van der Waals surface area contributed by atoms with Crippen LogP contribution in [0, 0.1) is 17.7 Å². The maximum atomic E-state index is 12.2. The van der Waals surface area contributed by atoms with Gasteiger partial charge >= 0.3 is 10.4 Å². The van der Waals surface area contributed by atoms with Gasteiger partial charge in [0.1, 0.15) is 0 Å².